The highest BCUT2D eigenvalue weighted by Crippen LogP contribution is 2.19. The van der Waals surface area contributed by atoms with Crippen LogP contribution in [0.4, 0.5) is 0 Å². The van der Waals surface area contributed by atoms with Crippen LogP contribution < -0.4 is 5.32 Å². The number of esters is 1. The van der Waals surface area contributed by atoms with E-state index in [-0.39, 0.29) is 24.0 Å². The molecule has 5 nitrogen and oxygen atoms in total. The molecule has 1 aromatic carbocycles. The van der Waals surface area contributed by atoms with Crippen LogP contribution >= 0.6 is 0 Å². The Balaban J connectivity index is 1.50. The lowest BCUT2D eigenvalue weighted by molar-refractivity contribution is -0.142. The number of benzene rings is 1. The van der Waals surface area contributed by atoms with E-state index in [4.69, 9.17) is 4.74 Å². The number of hydrogen-bond acceptors (Lipinski definition) is 4. The van der Waals surface area contributed by atoms with E-state index in [0.717, 1.165) is 32.4 Å². The molecule has 2 saturated heterocycles. The highest BCUT2D eigenvalue weighted by Gasteiger charge is 2.34. The third-order valence-electron chi connectivity index (χ3n) is 4.25. The summed E-state index contributed by atoms with van der Waals surface area (Å²) in [6.45, 7) is 2.20. The second-order valence-electron chi connectivity index (χ2n) is 5.62. The number of rotatable bonds is 3. The SMILES string of the molecule is O=C(NC1CCN([C@H]2CCOC2=O)CC1)c1ccccc1. The van der Waals surface area contributed by atoms with Gasteiger partial charge in [0.15, 0.2) is 0 Å². The number of amides is 1. The average molecular weight is 288 g/mol. The van der Waals surface area contributed by atoms with Crippen molar-refractivity contribution in [3.05, 3.63) is 35.9 Å². The second kappa shape index (κ2) is 6.26. The minimum Gasteiger partial charge on any atom is -0.464 e. The van der Waals surface area contributed by atoms with Gasteiger partial charge in [0.25, 0.3) is 5.91 Å². The Kier molecular flexibility index (Phi) is 4.20. The summed E-state index contributed by atoms with van der Waals surface area (Å²) in [7, 11) is 0. The lowest BCUT2D eigenvalue weighted by Gasteiger charge is -2.34. The van der Waals surface area contributed by atoms with Crippen LogP contribution in [0, 0.1) is 0 Å². The summed E-state index contributed by atoms with van der Waals surface area (Å²) >= 11 is 0. The van der Waals surface area contributed by atoms with Gasteiger partial charge < -0.3 is 10.1 Å². The van der Waals surface area contributed by atoms with E-state index in [0.29, 0.717) is 12.2 Å². The summed E-state index contributed by atoms with van der Waals surface area (Å²) < 4.78 is 5.02. The summed E-state index contributed by atoms with van der Waals surface area (Å²) in [6.07, 6.45) is 2.55. The third-order valence-corrected chi connectivity index (χ3v) is 4.25. The van der Waals surface area contributed by atoms with Crippen molar-refractivity contribution in [1.82, 2.24) is 10.2 Å². The van der Waals surface area contributed by atoms with Gasteiger partial charge in [0.05, 0.1) is 6.61 Å². The zero-order valence-electron chi connectivity index (χ0n) is 12.0. The first kappa shape index (κ1) is 14.1. The van der Waals surface area contributed by atoms with Gasteiger partial charge in [-0.3, -0.25) is 14.5 Å². The lowest BCUT2D eigenvalue weighted by Crippen LogP contribution is -2.49. The predicted molar refractivity (Wildman–Crippen MR) is 77.9 cm³/mol. The lowest BCUT2D eigenvalue weighted by atomic mass is 10.0. The molecular weight excluding hydrogens is 268 g/mol. The number of nitrogens with zero attached hydrogens (tertiary/aromatic N) is 1. The van der Waals surface area contributed by atoms with Crippen LogP contribution in [-0.2, 0) is 9.53 Å². The number of carbonyl (C=O) groups excluding carboxylic acids is 2. The molecule has 0 aromatic heterocycles. The first-order chi connectivity index (χ1) is 10.2. The molecule has 0 radical (unpaired) electrons. The number of carbonyl (C=O) groups is 2. The van der Waals surface area contributed by atoms with Crippen molar-refractivity contribution in [1.29, 1.82) is 0 Å². The Hall–Kier alpha value is -1.88. The monoisotopic (exact) mass is 288 g/mol. The fourth-order valence-electron chi connectivity index (χ4n) is 3.03. The molecule has 3 rings (SSSR count). The standard InChI is InChI=1S/C16H20N2O3/c19-15(12-4-2-1-3-5-12)17-13-6-9-18(10-7-13)14-8-11-21-16(14)20/h1-5,13-14H,6-11H2,(H,17,19)/t14-/m0/s1. The summed E-state index contributed by atoms with van der Waals surface area (Å²) in [5.74, 6) is -0.115. The van der Waals surface area contributed by atoms with Gasteiger partial charge in [-0.2, -0.15) is 0 Å². The molecule has 2 fully saturated rings. The van der Waals surface area contributed by atoms with Crippen molar-refractivity contribution < 1.29 is 14.3 Å². The Labute approximate surface area is 124 Å². The molecule has 0 aliphatic carbocycles. The van der Waals surface area contributed by atoms with Gasteiger partial charge in [0.2, 0.25) is 0 Å². The molecule has 2 aliphatic rings. The van der Waals surface area contributed by atoms with Gasteiger partial charge in [-0.05, 0) is 25.0 Å². The fourth-order valence-corrected chi connectivity index (χ4v) is 3.03. The molecule has 1 N–H and O–H groups in total. The molecule has 1 atom stereocenters. The molecular formula is C16H20N2O3. The van der Waals surface area contributed by atoms with Crippen molar-refractivity contribution in [3.63, 3.8) is 0 Å². The fraction of sp³-hybridized carbons (Fsp3) is 0.500. The van der Waals surface area contributed by atoms with Gasteiger partial charge in [-0.1, -0.05) is 18.2 Å². The molecule has 21 heavy (non-hydrogen) atoms. The van der Waals surface area contributed by atoms with Crippen LogP contribution in [0.5, 0.6) is 0 Å². The maximum absolute atomic E-state index is 12.1. The maximum Gasteiger partial charge on any atom is 0.323 e. The first-order valence-electron chi connectivity index (χ1n) is 7.50. The second-order valence-corrected chi connectivity index (χ2v) is 5.62. The largest absolute Gasteiger partial charge is 0.464 e. The van der Waals surface area contributed by atoms with Gasteiger partial charge in [-0.15, -0.1) is 0 Å². The first-order valence-corrected chi connectivity index (χ1v) is 7.50. The molecule has 0 bridgehead atoms. The van der Waals surface area contributed by atoms with E-state index in [1.807, 2.05) is 30.3 Å². The average Bonchev–Trinajstić information content (AvgIpc) is 2.95. The van der Waals surface area contributed by atoms with E-state index < -0.39 is 0 Å². The Bertz CT molecular complexity index is 510. The zero-order valence-corrected chi connectivity index (χ0v) is 12.0. The van der Waals surface area contributed by atoms with Crippen LogP contribution in [0.2, 0.25) is 0 Å². The van der Waals surface area contributed by atoms with Crippen molar-refractivity contribution >= 4 is 11.9 Å². The van der Waals surface area contributed by atoms with Crippen molar-refractivity contribution in [2.45, 2.75) is 31.3 Å². The quantitative estimate of drug-likeness (QED) is 0.849. The van der Waals surface area contributed by atoms with Crippen LogP contribution in [0.3, 0.4) is 0 Å². The van der Waals surface area contributed by atoms with E-state index in [9.17, 15) is 9.59 Å². The van der Waals surface area contributed by atoms with Crippen molar-refractivity contribution in [3.8, 4) is 0 Å². The Morgan fingerprint density at radius 1 is 1.14 bits per heavy atom. The smallest absolute Gasteiger partial charge is 0.323 e. The van der Waals surface area contributed by atoms with E-state index in [1.54, 1.807) is 0 Å². The van der Waals surface area contributed by atoms with Crippen molar-refractivity contribution in [2.75, 3.05) is 19.7 Å². The van der Waals surface area contributed by atoms with Crippen LogP contribution in [-0.4, -0.2) is 48.6 Å². The maximum atomic E-state index is 12.1. The molecule has 0 spiro atoms. The topological polar surface area (TPSA) is 58.6 Å². The zero-order chi connectivity index (χ0) is 14.7. The summed E-state index contributed by atoms with van der Waals surface area (Å²) in [5.41, 5.74) is 0.694. The molecule has 5 heteroatoms. The highest BCUT2D eigenvalue weighted by molar-refractivity contribution is 5.94. The normalized spacial score (nSPS) is 23.8. The van der Waals surface area contributed by atoms with Gasteiger partial charge in [-0.25, -0.2) is 0 Å². The number of hydrogen-bond donors (Lipinski definition) is 1. The van der Waals surface area contributed by atoms with Gasteiger partial charge >= 0.3 is 5.97 Å². The minimum atomic E-state index is -0.0956. The summed E-state index contributed by atoms with van der Waals surface area (Å²) in [5, 5.41) is 3.08. The summed E-state index contributed by atoms with van der Waals surface area (Å²) in [6, 6.07) is 9.38. The van der Waals surface area contributed by atoms with Crippen LogP contribution in [0.15, 0.2) is 30.3 Å². The van der Waals surface area contributed by atoms with Gasteiger partial charge in [0, 0.05) is 31.1 Å². The Morgan fingerprint density at radius 2 is 1.86 bits per heavy atom. The number of cyclic esters (lactones) is 1. The molecule has 0 saturated carbocycles. The summed E-state index contributed by atoms with van der Waals surface area (Å²) in [4.78, 5) is 25.9. The highest BCUT2D eigenvalue weighted by atomic mass is 16.5. The number of nitrogens with one attached hydrogen (secondary N) is 1. The number of piperidine rings is 1. The van der Waals surface area contributed by atoms with E-state index in [1.165, 1.54) is 0 Å². The van der Waals surface area contributed by atoms with Gasteiger partial charge in [0.1, 0.15) is 6.04 Å². The minimum absolute atomic E-state index is 0.0191. The van der Waals surface area contributed by atoms with E-state index >= 15 is 0 Å². The number of likely N-dealkylation sites (tertiary alicyclic amines) is 1. The molecule has 2 aliphatic heterocycles. The molecule has 112 valence electrons. The third kappa shape index (κ3) is 3.24. The molecule has 2 heterocycles. The molecule has 0 unspecified atom stereocenters. The van der Waals surface area contributed by atoms with Crippen molar-refractivity contribution in [2.24, 2.45) is 0 Å². The molecule has 1 amide bonds. The number of ether oxygens (including phenoxy) is 1. The van der Waals surface area contributed by atoms with Crippen LogP contribution in [0.1, 0.15) is 29.6 Å². The molecule has 1 aromatic rings. The van der Waals surface area contributed by atoms with Crippen LogP contribution in [0.25, 0.3) is 0 Å². The predicted octanol–water partition coefficient (Wildman–Crippen LogP) is 1.20. The van der Waals surface area contributed by atoms with E-state index in [2.05, 4.69) is 10.2 Å². The Morgan fingerprint density at radius 3 is 2.48 bits per heavy atom.